The molecular weight excluding hydrogens is 264 g/mol. The minimum atomic E-state index is 0.573. The van der Waals surface area contributed by atoms with Gasteiger partial charge in [0, 0.05) is 25.1 Å². The van der Waals surface area contributed by atoms with E-state index in [4.69, 9.17) is 9.40 Å². The number of hydrogen-bond acceptors (Lipinski definition) is 5. The van der Waals surface area contributed by atoms with E-state index in [9.17, 15) is 0 Å². The van der Waals surface area contributed by atoms with Gasteiger partial charge in [0.25, 0.3) is 0 Å². The smallest absolute Gasteiger partial charge is 0.135 e. The molecule has 0 amide bonds. The van der Waals surface area contributed by atoms with Crippen molar-refractivity contribution in [2.24, 2.45) is 0 Å². The van der Waals surface area contributed by atoms with Gasteiger partial charge in [-0.1, -0.05) is 6.92 Å². The Balaban J connectivity index is 1.88. The molecule has 1 fully saturated rings. The summed E-state index contributed by atoms with van der Waals surface area (Å²) in [6.45, 7) is 5.79. The van der Waals surface area contributed by atoms with Crippen molar-refractivity contribution in [2.45, 2.75) is 45.7 Å². The molecule has 0 atom stereocenters. The first kappa shape index (κ1) is 13.9. The molecule has 1 aliphatic carbocycles. The molecular formula is C16H22N4O. The average molecular weight is 286 g/mol. The molecule has 0 aliphatic heterocycles. The largest absolute Gasteiger partial charge is 0.467 e. The Morgan fingerprint density at radius 3 is 2.81 bits per heavy atom. The minimum Gasteiger partial charge on any atom is -0.467 e. The topological polar surface area (TPSA) is 54.2 Å². The van der Waals surface area contributed by atoms with Gasteiger partial charge >= 0.3 is 0 Å². The Morgan fingerprint density at radius 1 is 1.33 bits per heavy atom. The maximum Gasteiger partial charge on any atom is 0.135 e. The van der Waals surface area contributed by atoms with E-state index in [0.29, 0.717) is 6.04 Å². The summed E-state index contributed by atoms with van der Waals surface area (Å²) in [6.07, 6.45) is 5.01. The fraction of sp³-hybridized carbons (Fsp3) is 0.500. The van der Waals surface area contributed by atoms with Crippen molar-refractivity contribution in [1.29, 1.82) is 0 Å². The maximum atomic E-state index is 5.50. The van der Waals surface area contributed by atoms with E-state index in [1.165, 1.54) is 12.8 Å². The van der Waals surface area contributed by atoms with Crippen LogP contribution in [0.15, 0.2) is 28.9 Å². The van der Waals surface area contributed by atoms with Gasteiger partial charge in [-0.05, 0) is 31.9 Å². The van der Waals surface area contributed by atoms with Crippen molar-refractivity contribution < 1.29 is 4.42 Å². The van der Waals surface area contributed by atoms with E-state index in [-0.39, 0.29) is 0 Å². The molecule has 21 heavy (non-hydrogen) atoms. The molecule has 112 valence electrons. The number of rotatable bonds is 7. The highest BCUT2D eigenvalue weighted by Crippen LogP contribution is 2.33. The lowest BCUT2D eigenvalue weighted by molar-refractivity contribution is 0.500. The molecule has 0 saturated heterocycles. The Morgan fingerprint density at radius 2 is 2.19 bits per heavy atom. The normalized spacial score (nSPS) is 14.2. The summed E-state index contributed by atoms with van der Waals surface area (Å²) in [5.74, 6) is 3.76. The fourth-order valence-corrected chi connectivity index (χ4v) is 2.41. The van der Waals surface area contributed by atoms with Crippen LogP contribution in [-0.4, -0.2) is 22.6 Å². The molecule has 1 aliphatic rings. The summed E-state index contributed by atoms with van der Waals surface area (Å²) in [4.78, 5) is 11.6. The highest BCUT2D eigenvalue weighted by Gasteiger charge is 2.31. The van der Waals surface area contributed by atoms with Gasteiger partial charge in [0.05, 0.1) is 12.8 Å². The van der Waals surface area contributed by atoms with Crippen LogP contribution in [0.1, 0.15) is 38.3 Å². The third-order valence-corrected chi connectivity index (χ3v) is 3.62. The first-order valence-electron chi connectivity index (χ1n) is 7.71. The number of furan rings is 1. The molecule has 0 bridgehead atoms. The molecule has 5 heteroatoms. The van der Waals surface area contributed by atoms with Gasteiger partial charge in [-0.15, -0.1) is 0 Å². The number of aryl methyl sites for hydroxylation is 1. The molecule has 0 aromatic carbocycles. The summed E-state index contributed by atoms with van der Waals surface area (Å²) in [6, 6.07) is 6.57. The number of nitrogens with zero attached hydrogens (tertiary/aromatic N) is 3. The molecule has 0 unspecified atom stereocenters. The Labute approximate surface area is 125 Å². The zero-order chi connectivity index (χ0) is 14.7. The Hall–Kier alpha value is -2.04. The van der Waals surface area contributed by atoms with Crippen molar-refractivity contribution in [3.05, 3.63) is 36.0 Å². The van der Waals surface area contributed by atoms with E-state index >= 15 is 0 Å². The molecule has 3 rings (SSSR count). The van der Waals surface area contributed by atoms with Gasteiger partial charge in [-0.25, -0.2) is 9.97 Å². The first-order valence-corrected chi connectivity index (χ1v) is 7.71. The van der Waals surface area contributed by atoms with Crippen LogP contribution in [0, 0.1) is 0 Å². The van der Waals surface area contributed by atoms with E-state index in [1.807, 2.05) is 18.2 Å². The quantitative estimate of drug-likeness (QED) is 0.847. The second kappa shape index (κ2) is 6.16. The first-order chi connectivity index (χ1) is 10.3. The van der Waals surface area contributed by atoms with Crippen LogP contribution in [0.4, 0.5) is 11.6 Å². The van der Waals surface area contributed by atoms with E-state index < -0.39 is 0 Å². The van der Waals surface area contributed by atoms with Gasteiger partial charge < -0.3 is 14.6 Å². The predicted molar refractivity (Wildman–Crippen MR) is 83.5 cm³/mol. The molecule has 2 aromatic rings. The van der Waals surface area contributed by atoms with Gasteiger partial charge in [-0.3, -0.25) is 0 Å². The summed E-state index contributed by atoms with van der Waals surface area (Å²) in [7, 11) is 0. The summed E-state index contributed by atoms with van der Waals surface area (Å²) < 4.78 is 5.50. The van der Waals surface area contributed by atoms with E-state index in [1.54, 1.807) is 6.26 Å². The zero-order valence-corrected chi connectivity index (χ0v) is 12.7. The third-order valence-electron chi connectivity index (χ3n) is 3.62. The molecule has 0 spiro atoms. The molecule has 1 saturated carbocycles. The minimum absolute atomic E-state index is 0.573. The van der Waals surface area contributed by atoms with E-state index in [2.05, 4.69) is 29.0 Å². The zero-order valence-electron chi connectivity index (χ0n) is 12.7. The number of aromatic nitrogens is 2. The standard InChI is InChI=1S/C16H22N4O/c1-3-14-18-15(17-4-2)10-16(19-14)20(12-7-8-12)11-13-6-5-9-21-13/h5-6,9-10,12H,3-4,7-8,11H2,1-2H3,(H,17,18,19). The molecule has 5 nitrogen and oxygen atoms in total. The van der Waals surface area contributed by atoms with Gasteiger partial charge in [0.2, 0.25) is 0 Å². The molecule has 2 heterocycles. The average Bonchev–Trinajstić information content (AvgIpc) is 3.21. The van der Waals surface area contributed by atoms with Crippen LogP contribution >= 0.6 is 0 Å². The molecule has 1 N–H and O–H groups in total. The van der Waals surface area contributed by atoms with Crippen LogP contribution in [0.25, 0.3) is 0 Å². The Kier molecular flexibility index (Phi) is 4.08. The highest BCUT2D eigenvalue weighted by atomic mass is 16.3. The maximum absolute atomic E-state index is 5.50. The summed E-state index contributed by atoms with van der Waals surface area (Å²) in [5, 5.41) is 3.29. The van der Waals surface area contributed by atoms with Crippen LogP contribution in [-0.2, 0) is 13.0 Å². The lowest BCUT2D eigenvalue weighted by Gasteiger charge is -2.23. The van der Waals surface area contributed by atoms with Crippen LogP contribution in [0.2, 0.25) is 0 Å². The Bertz CT molecular complexity index is 578. The summed E-state index contributed by atoms with van der Waals surface area (Å²) >= 11 is 0. The monoisotopic (exact) mass is 286 g/mol. The lowest BCUT2D eigenvalue weighted by Crippen LogP contribution is -2.26. The van der Waals surface area contributed by atoms with Crippen LogP contribution < -0.4 is 10.2 Å². The van der Waals surface area contributed by atoms with Crippen LogP contribution in [0.3, 0.4) is 0 Å². The SMILES string of the molecule is CCNc1cc(N(Cc2ccco2)C2CC2)nc(CC)n1. The number of nitrogens with one attached hydrogen (secondary N) is 1. The highest BCUT2D eigenvalue weighted by molar-refractivity contribution is 5.51. The van der Waals surface area contributed by atoms with E-state index in [0.717, 1.165) is 42.7 Å². The molecule has 0 radical (unpaired) electrons. The fourth-order valence-electron chi connectivity index (χ4n) is 2.41. The number of hydrogen-bond donors (Lipinski definition) is 1. The van der Waals surface area contributed by atoms with Gasteiger partial charge in [0.1, 0.15) is 23.2 Å². The van der Waals surface area contributed by atoms with Crippen molar-refractivity contribution in [1.82, 2.24) is 9.97 Å². The number of anilines is 2. The van der Waals surface area contributed by atoms with Gasteiger partial charge in [0.15, 0.2) is 0 Å². The second-order valence-corrected chi connectivity index (χ2v) is 5.35. The predicted octanol–water partition coefficient (Wildman–Crippen LogP) is 3.23. The second-order valence-electron chi connectivity index (χ2n) is 5.35. The van der Waals surface area contributed by atoms with Crippen molar-refractivity contribution in [2.75, 3.05) is 16.8 Å². The summed E-state index contributed by atoms with van der Waals surface area (Å²) in [5.41, 5.74) is 0. The lowest BCUT2D eigenvalue weighted by atomic mass is 10.3. The van der Waals surface area contributed by atoms with Gasteiger partial charge in [-0.2, -0.15) is 0 Å². The molecule has 2 aromatic heterocycles. The van der Waals surface area contributed by atoms with Crippen molar-refractivity contribution >= 4 is 11.6 Å². The van der Waals surface area contributed by atoms with Crippen molar-refractivity contribution in [3.8, 4) is 0 Å². The van der Waals surface area contributed by atoms with Crippen LogP contribution in [0.5, 0.6) is 0 Å². The third kappa shape index (κ3) is 3.35. The van der Waals surface area contributed by atoms with Crippen molar-refractivity contribution in [3.63, 3.8) is 0 Å².